The SMILES string of the molecule is CN1CCC[C@@H]1[C@H]1CCCN1C(=O)Cc1ccc(C#N)cc1. The van der Waals surface area contributed by atoms with Gasteiger partial charge in [0.1, 0.15) is 0 Å². The van der Waals surface area contributed by atoms with Gasteiger partial charge in [-0.25, -0.2) is 0 Å². The third kappa shape index (κ3) is 3.00. The average molecular weight is 297 g/mol. The van der Waals surface area contributed by atoms with E-state index in [0.717, 1.165) is 31.5 Å². The summed E-state index contributed by atoms with van der Waals surface area (Å²) >= 11 is 0. The Hall–Kier alpha value is -1.86. The lowest BCUT2D eigenvalue weighted by molar-refractivity contribution is -0.132. The van der Waals surface area contributed by atoms with Crippen LogP contribution in [0.3, 0.4) is 0 Å². The van der Waals surface area contributed by atoms with Gasteiger partial charge < -0.3 is 9.80 Å². The Morgan fingerprint density at radius 1 is 1.18 bits per heavy atom. The van der Waals surface area contributed by atoms with E-state index in [1.54, 1.807) is 12.1 Å². The third-order valence-corrected chi connectivity index (χ3v) is 5.08. The van der Waals surface area contributed by atoms with Crippen molar-refractivity contribution < 1.29 is 4.79 Å². The summed E-state index contributed by atoms with van der Waals surface area (Å²) in [5, 5.41) is 8.83. The molecule has 3 rings (SSSR count). The number of likely N-dealkylation sites (N-methyl/N-ethyl adjacent to an activating group) is 1. The zero-order valence-electron chi connectivity index (χ0n) is 13.2. The van der Waals surface area contributed by atoms with Crippen LogP contribution in [-0.4, -0.2) is 47.9 Å². The molecule has 4 nitrogen and oxygen atoms in total. The zero-order chi connectivity index (χ0) is 15.5. The maximum Gasteiger partial charge on any atom is 0.227 e. The van der Waals surface area contributed by atoms with Gasteiger partial charge in [0.15, 0.2) is 0 Å². The number of nitrogens with zero attached hydrogens (tertiary/aromatic N) is 3. The van der Waals surface area contributed by atoms with Crippen molar-refractivity contribution in [1.29, 1.82) is 5.26 Å². The lowest BCUT2D eigenvalue weighted by Gasteiger charge is -2.33. The predicted molar refractivity (Wildman–Crippen MR) is 85.2 cm³/mol. The van der Waals surface area contributed by atoms with Gasteiger partial charge in [0.05, 0.1) is 18.1 Å². The highest BCUT2D eigenvalue weighted by Gasteiger charge is 2.38. The Balaban J connectivity index is 1.66. The fraction of sp³-hybridized carbons (Fsp3) is 0.556. The van der Waals surface area contributed by atoms with Gasteiger partial charge in [0.2, 0.25) is 5.91 Å². The summed E-state index contributed by atoms with van der Waals surface area (Å²) < 4.78 is 0. The fourth-order valence-electron chi connectivity index (χ4n) is 3.90. The Bertz CT molecular complexity index is 575. The van der Waals surface area contributed by atoms with Crippen molar-refractivity contribution in [1.82, 2.24) is 9.80 Å². The molecular weight excluding hydrogens is 274 g/mol. The summed E-state index contributed by atoms with van der Waals surface area (Å²) in [7, 11) is 2.18. The van der Waals surface area contributed by atoms with Gasteiger partial charge >= 0.3 is 0 Å². The minimum Gasteiger partial charge on any atom is -0.338 e. The lowest BCUT2D eigenvalue weighted by atomic mass is 10.0. The van der Waals surface area contributed by atoms with Crippen LogP contribution >= 0.6 is 0 Å². The van der Waals surface area contributed by atoms with Crippen LogP contribution in [0.4, 0.5) is 0 Å². The van der Waals surface area contributed by atoms with Gasteiger partial charge in [-0.1, -0.05) is 12.1 Å². The molecule has 0 aliphatic carbocycles. The first-order valence-corrected chi connectivity index (χ1v) is 8.18. The summed E-state index contributed by atoms with van der Waals surface area (Å²) in [6.07, 6.45) is 5.15. The molecule has 1 aromatic rings. The number of benzene rings is 1. The molecule has 0 unspecified atom stereocenters. The van der Waals surface area contributed by atoms with Gasteiger partial charge in [0.25, 0.3) is 0 Å². The number of carbonyl (C=O) groups is 1. The highest BCUT2D eigenvalue weighted by atomic mass is 16.2. The molecule has 0 aromatic heterocycles. The second-order valence-corrected chi connectivity index (χ2v) is 6.47. The molecule has 22 heavy (non-hydrogen) atoms. The Morgan fingerprint density at radius 3 is 2.50 bits per heavy atom. The second-order valence-electron chi connectivity index (χ2n) is 6.47. The van der Waals surface area contributed by atoms with Crippen molar-refractivity contribution in [3.8, 4) is 6.07 Å². The standard InChI is InChI=1S/C18H23N3O/c1-20-10-2-4-16(20)17-5-3-11-21(17)18(22)12-14-6-8-15(13-19)9-7-14/h6-9,16-17H,2-5,10-12H2,1H3/t16-,17-/m1/s1. The van der Waals surface area contributed by atoms with E-state index in [9.17, 15) is 4.79 Å². The molecule has 0 saturated carbocycles. The number of carbonyl (C=O) groups excluding carboxylic acids is 1. The van der Waals surface area contributed by atoms with Crippen LogP contribution in [0, 0.1) is 11.3 Å². The minimum atomic E-state index is 0.229. The number of amides is 1. The minimum absolute atomic E-state index is 0.229. The highest BCUT2D eigenvalue weighted by molar-refractivity contribution is 5.79. The quantitative estimate of drug-likeness (QED) is 0.859. The van der Waals surface area contributed by atoms with Crippen molar-refractivity contribution >= 4 is 5.91 Å². The van der Waals surface area contributed by atoms with E-state index in [2.05, 4.69) is 22.9 Å². The first-order chi connectivity index (χ1) is 10.7. The van der Waals surface area contributed by atoms with Gasteiger partial charge in [-0.3, -0.25) is 4.79 Å². The number of rotatable bonds is 3. The van der Waals surface area contributed by atoms with E-state index in [4.69, 9.17) is 5.26 Å². The summed E-state index contributed by atoms with van der Waals surface area (Å²) in [6.45, 7) is 2.04. The molecule has 0 spiro atoms. The van der Waals surface area contributed by atoms with E-state index < -0.39 is 0 Å². The molecule has 2 atom stereocenters. The second kappa shape index (κ2) is 6.50. The van der Waals surface area contributed by atoms with Crippen molar-refractivity contribution in [2.75, 3.05) is 20.1 Å². The molecule has 2 aliphatic rings. The summed E-state index contributed by atoms with van der Waals surface area (Å²) in [4.78, 5) is 17.2. The number of hydrogen-bond acceptors (Lipinski definition) is 3. The van der Waals surface area contributed by atoms with Crippen molar-refractivity contribution in [2.24, 2.45) is 0 Å². The average Bonchev–Trinajstić information content (AvgIpc) is 3.16. The van der Waals surface area contributed by atoms with Gasteiger partial charge in [-0.2, -0.15) is 5.26 Å². The van der Waals surface area contributed by atoms with Crippen LogP contribution in [0.1, 0.15) is 36.8 Å². The number of nitriles is 1. The summed E-state index contributed by atoms with van der Waals surface area (Å²) in [6, 6.07) is 10.4. The van der Waals surface area contributed by atoms with Crippen LogP contribution in [0.25, 0.3) is 0 Å². The predicted octanol–water partition coefficient (Wildman–Crippen LogP) is 2.19. The summed E-state index contributed by atoms with van der Waals surface area (Å²) in [5.74, 6) is 0.229. The van der Waals surface area contributed by atoms with Crippen LogP contribution < -0.4 is 0 Å². The molecule has 4 heteroatoms. The smallest absolute Gasteiger partial charge is 0.227 e. The molecular formula is C18H23N3O. The number of likely N-dealkylation sites (tertiary alicyclic amines) is 2. The van der Waals surface area contributed by atoms with Crippen LogP contribution in [0.5, 0.6) is 0 Å². The van der Waals surface area contributed by atoms with E-state index in [0.29, 0.717) is 24.1 Å². The molecule has 1 aromatic carbocycles. The third-order valence-electron chi connectivity index (χ3n) is 5.08. The van der Waals surface area contributed by atoms with Crippen LogP contribution in [-0.2, 0) is 11.2 Å². The fourth-order valence-corrected chi connectivity index (χ4v) is 3.90. The maximum absolute atomic E-state index is 12.7. The van der Waals surface area contributed by atoms with Gasteiger partial charge in [0, 0.05) is 18.6 Å². The first kappa shape index (κ1) is 15.1. The highest BCUT2D eigenvalue weighted by Crippen LogP contribution is 2.29. The molecule has 2 aliphatic heterocycles. The molecule has 1 amide bonds. The summed E-state index contributed by atoms with van der Waals surface area (Å²) in [5.41, 5.74) is 1.64. The van der Waals surface area contributed by atoms with Gasteiger partial charge in [-0.15, -0.1) is 0 Å². The first-order valence-electron chi connectivity index (χ1n) is 8.18. The molecule has 2 saturated heterocycles. The monoisotopic (exact) mass is 297 g/mol. The Kier molecular flexibility index (Phi) is 4.44. The van der Waals surface area contributed by atoms with Gasteiger partial charge in [-0.05, 0) is 57.0 Å². The molecule has 2 fully saturated rings. The van der Waals surface area contributed by atoms with Crippen molar-refractivity contribution in [3.63, 3.8) is 0 Å². The molecule has 0 bridgehead atoms. The van der Waals surface area contributed by atoms with Crippen LogP contribution in [0.2, 0.25) is 0 Å². The van der Waals surface area contributed by atoms with Crippen molar-refractivity contribution in [2.45, 2.75) is 44.2 Å². The Morgan fingerprint density at radius 2 is 1.86 bits per heavy atom. The number of hydrogen-bond donors (Lipinski definition) is 0. The normalized spacial score (nSPS) is 25.4. The zero-order valence-corrected chi connectivity index (χ0v) is 13.2. The van der Waals surface area contributed by atoms with E-state index in [1.165, 1.54) is 12.8 Å². The van der Waals surface area contributed by atoms with Crippen molar-refractivity contribution in [3.05, 3.63) is 35.4 Å². The largest absolute Gasteiger partial charge is 0.338 e. The van der Waals surface area contributed by atoms with E-state index >= 15 is 0 Å². The molecule has 2 heterocycles. The molecule has 0 N–H and O–H groups in total. The van der Waals surface area contributed by atoms with E-state index in [1.807, 2.05) is 12.1 Å². The van der Waals surface area contributed by atoms with E-state index in [-0.39, 0.29) is 5.91 Å². The molecule has 116 valence electrons. The topological polar surface area (TPSA) is 47.3 Å². The molecule has 0 radical (unpaired) electrons. The Labute approximate surface area is 132 Å². The van der Waals surface area contributed by atoms with Crippen LogP contribution in [0.15, 0.2) is 24.3 Å². The maximum atomic E-state index is 12.7. The lowest BCUT2D eigenvalue weighted by Crippen LogP contribution is -2.47.